The van der Waals surface area contributed by atoms with Crippen LogP contribution in [-0.4, -0.2) is 39.3 Å². The lowest BCUT2D eigenvalue weighted by molar-refractivity contribution is -0.146. The van der Waals surface area contributed by atoms with Crippen LogP contribution in [0.3, 0.4) is 0 Å². The van der Waals surface area contributed by atoms with Crippen molar-refractivity contribution in [3.63, 3.8) is 0 Å². The van der Waals surface area contributed by atoms with Crippen molar-refractivity contribution in [2.45, 2.75) is 71.5 Å². The van der Waals surface area contributed by atoms with Gasteiger partial charge >= 0.3 is 5.97 Å². The van der Waals surface area contributed by atoms with Crippen molar-refractivity contribution in [1.82, 2.24) is 0 Å². The van der Waals surface area contributed by atoms with Gasteiger partial charge in [0.2, 0.25) is 0 Å². The van der Waals surface area contributed by atoms with Crippen molar-refractivity contribution in [3.8, 4) is 11.5 Å². The summed E-state index contributed by atoms with van der Waals surface area (Å²) in [4.78, 5) is 24.3. The molecule has 1 atom stereocenters. The Balaban J connectivity index is 2.79. The highest BCUT2D eigenvalue weighted by Gasteiger charge is 2.20. The molecule has 0 aliphatic rings. The number of aliphatic hydroxyl groups excluding tert-OH is 1. The molecule has 6 heteroatoms. The summed E-state index contributed by atoms with van der Waals surface area (Å²) in [6.07, 6.45) is 2.32. The first-order chi connectivity index (χ1) is 11.7. The van der Waals surface area contributed by atoms with Crippen LogP contribution < -0.4 is 0 Å². The number of phenols is 2. The van der Waals surface area contributed by atoms with Crippen LogP contribution in [-0.2, 0) is 16.0 Å². The van der Waals surface area contributed by atoms with E-state index in [9.17, 15) is 24.9 Å². The van der Waals surface area contributed by atoms with E-state index in [1.54, 1.807) is 20.8 Å². The molecule has 0 aromatic heterocycles. The SMILES string of the molecule is CC(O)CCCCCC(=O)c1c(O)cc(O)cc1CC(=O)OC(C)C. The number of hydrogen-bond acceptors (Lipinski definition) is 6. The number of hydrogen-bond donors (Lipinski definition) is 3. The molecule has 0 radical (unpaired) electrons. The molecule has 0 saturated heterocycles. The molecule has 0 fully saturated rings. The lowest BCUT2D eigenvalue weighted by Crippen LogP contribution is -2.16. The minimum absolute atomic E-state index is 0.0639. The first kappa shape index (κ1) is 21.0. The van der Waals surface area contributed by atoms with Crippen LogP contribution in [0.1, 0.15) is 68.8 Å². The van der Waals surface area contributed by atoms with E-state index in [1.807, 2.05) is 0 Å². The molecule has 140 valence electrons. The third-order valence-corrected chi connectivity index (χ3v) is 3.69. The molecule has 1 aromatic carbocycles. The molecule has 1 aromatic rings. The predicted octanol–water partition coefficient (Wildman–Crippen LogP) is 3.11. The minimum atomic E-state index is -0.522. The van der Waals surface area contributed by atoms with Gasteiger partial charge in [-0.25, -0.2) is 0 Å². The van der Waals surface area contributed by atoms with Crippen molar-refractivity contribution < 1.29 is 29.6 Å². The predicted molar refractivity (Wildman–Crippen MR) is 93.8 cm³/mol. The second kappa shape index (κ2) is 10.0. The number of aliphatic hydroxyl groups is 1. The normalized spacial score (nSPS) is 12.2. The fourth-order valence-electron chi connectivity index (χ4n) is 2.62. The average molecular weight is 352 g/mol. The molecule has 1 rings (SSSR count). The van der Waals surface area contributed by atoms with Gasteiger partial charge in [0.1, 0.15) is 11.5 Å². The Bertz CT molecular complexity index is 592. The Morgan fingerprint density at radius 2 is 1.76 bits per heavy atom. The molecular weight excluding hydrogens is 324 g/mol. The van der Waals surface area contributed by atoms with Crippen LogP contribution in [0, 0.1) is 0 Å². The third kappa shape index (κ3) is 7.56. The number of carbonyl (C=O) groups is 2. The highest BCUT2D eigenvalue weighted by molar-refractivity contribution is 6.01. The summed E-state index contributed by atoms with van der Waals surface area (Å²) in [5, 5.41) is 28.9. The zero-order valence-corrected chi connectivity index (χ0v) is 15.1. The number of rotatable bonds is 10. The number of unbranched alkanes of at least 4 members (excludes halogenated alkanes) is 2. The van der Waals surface area contributed by atoms with Gasteiger partial charge in [-0.1, -0.05) is 12.8 Å². The molecule has 0 saturated carbocycles. The summed E-state index contributed by atoms with van der Waals surface area (Å²) in [7, 11) is 0. The van der Waals surface area contributed by atoms with Crippen LogP contribution in [0.15, 0.2) is 12.1 Å². The fourth-order valence-corrected chi connectivity index (χ4v) is 2.62. The Labute approximate surface area is 148 Å². The second-order valence-corrected chi connectivity index (χ2v) is 6.59. The molecule has 25 heavy (non-hydrogen) atoms. The molecule has 0 spiro atoms. The number of phenolic OH excluding ortho intramolecular Hbond substituents is 2. The number of Topliss-reactive ketones (excluding diaryl/α,β-unsaturated/α-hetero) is 1. The quantitative estimate of drug-likeness (QED) is 0.339. The molecule has 3 N–H and O–H groups in total. The Hall–Kier alpha value is -2.08. The summed E-state index contributed by atoms with van der Waals surface area (Å²) in [6, 6.07) is 2.40. The van der Waals surface area contributed by atoms with Crippen molar-refractivity contribution in [2.75, 3.05) is 0 Å². The van der Waals surface area contributed by atoms with Gasteiger partial charge in [0.25, 0.3) is 0 Å². The summed E-state index contributed by atoms with van der Waals surface area (Å²) >= 11 is 0. The van der Waals surface area contributed by atoms with Crippen molar-refractivity contribution >= 4 is 11.8 Å². The van der Waals surface area contributed by atoms with E-state index in [2.05, 4.69) is 0 Å². The van der Waals surface area contributed by atoms with Gasteiger partial charge in [-0.15, -0.1) is 0 Å². The van der Waals surface area contributed by atoms with Crippen molar-refractivity contribution in [1.29, 1.82) is 0 Å². The Morgan fingerprint density at radius 3 is 2.36 bits per heavy atom. The van der Waals surface area contributed by atoms with E-state index in [0.717, 1.165) is 18.9 Å². The molecule has 0 bridgehead atoms. The number of esters is 1. The van der Waals surface area contributed by atoms with Crippen LogP contribution in [0.4, 0.5) is 0 Å². The smallest absolute Gasteiger partial charge is 0.310 e. The molecular formula is C19H28O6. The summed E-state index contributed by atoms with van der Waals surface area (Å²) < 4.78 is 5.07. The highest BCUT2D eigenvalue weighted by atomic mass is 16.5. The molecule has 1 unspecified atom stereocenters. The van der Waals surface area contributed by atoms with E-state index >= 15 is 0 Å². The maximum Gasteiger partial charge on any atom is 0.310 e. The molecule has 0 aliphatic carbocycles. The van der Waals surface area contributed by atoms with E-state index in [-0.39, 0.29) is 53.5 Å². The number of ketones is 1. The summed E-state index contributed by atoms with van der Waals surface area (Å²) in [5.74, 6) is -1.34. The number of aromatic hydroxyl groups is 2. The summed E-state index contributed by atoms with van der Waals surface area (Å²) in [5.41, 5.74) is 0.325. The highest BCUT2D eigenvalue weighted by Crippen LogP contribution is 2.29. The number of ether oxygens (including phenoxy) is 1. The van der Waals surface area contributed by atoms with E-state index in [0.29, 0.717) is 12.8 Å². The van der Waals surface area contributed by atoms with Gasteiger partial charge in [0, 0.05) is 12.5 Å². The van der Waals surface area contributed by atoms with Gasteiger partial charge in [-0.05, 0) is 45.2 Å². The fraction of sp³-hybridized carbons (Fsp3) is 0.579. The van der Waals surface area contributed by atoms with Gasteiger partial charge in [-0.3, -0.25) is 9.59 Å². The van der Waals surface area contributed by atoms with Gasteiger partial charge < -0.3 is 20.1 Å². The van der Waals surface area contributed by atoms with Gasteiger partial charge in [0.15, 0.2) is 5.78 Å². The van der Waals surface area contributed by atoms with Crippen LogP contribution in [0.25, 0.3) is 0 Å². The largest absolute Gasteiger partial charge is 0.508 e. The lowest BCUT2D eigenvalue weighted by Gasteiger charge is -2.13. The van der Waals surface area contributed by atoms with Crippen LogP contribution in [0.5, 0.6) is 11.5 Å². The molecule has 6 nitrogen and oxygen atoms in total. The lowest BCUT2D eigenvalue weighted by atomic mass is 9.96. The average Bonchev–Trinajstić information content (AvgIpc) is 2.44. The van der Waals surface area contributed by atoms with E-state index in [1.165, 1.54) is 6.07 Å². The zero-order valence-electron chi connectivity index (χ0n) is 15.1. The zero-order chi connectivity index (χ0) is 19.0. The van der Waals surface area contributed by atoms with Crippen molar-refractivity contribution in [3.05, 3.63) is 23.3 Å². The Morgan fingerprint density at radius 1 is 1.08 bits per heavy atom. The summed E-state index contributed by atoms with van der Waals surface area (Å²) in [6.45, 7) is 5.16. The second-order valence-electron chi connectivity index (χ2n) is 6.59. The molecule has 0 heterocycles. The number of carbonyl (C=O) groups excluding carboxylic acids is 2. The standard InChI is InChI=1S/C19H28O6/c1-12(2)25-18(24)10-14-9-15(21)11-17(23)19(14)16(22)8-6-4-5-7-13(3)20/h9,11-13,20-21,23H,4-8,10H2,1-3H3. The van der Waals surface area contributed by atoms with Gasteiger partial charge in [0.05, 0.1) is 24.2 Å². The maximum absolute atomic E-state index is 12.5. The van der Waals surface area contributed by atoms with Crippen molar-refractivity contribution in [2.24, 2.45) is 0 Å². The first-order valence-electron chi connectivity index (χ1n) is 8.66. The van der Waals surface area contributed by atoms with E-state index < -0.39 is 5.97 Å². The topological polar surface area (TPSA) is 104 Å². The third-order valence-electron chi connectivity index (χ3n) is 3.69. The minimum Gasteiger partial charge on any atom is -0.508 e. The Kier molecular flexibility index (Phi) is 8.41. The maximum atomic E-state index is 12.5. The number of benzene rings is 1. The molecule has 0 aliphatic heterocycles. The monoisotopic (exact) mass is 352 g/mol. The van der Waals surface area contributed by atoms with E-state index in [4.69, 9.17) is 4.74 Å². The molecule has 0 amide bonds. The first-order valence-corrected chi connectivity index (χ1v) is 8.66. The van der Waals surface area contributed by atoms with Crippen LogP contribution in [0.2, 0.25) is 0 Å². The van der Waals surface area contributed by atoms with Gasteiger partial charge in [-0.2, -0.15) is 0 Å². The van der Waals surface area contributed by atoms with Crippen LogP contribution >= 0.6 is 0 Å².